The van der Waals surface area contributed by atoms with Crippen LogP contribution < -0.4 is 0 Å². The van der Waals surface area contributed by atoms with Gasteiger partial charge < -0.3 is 9.80 Å². The van der Waals surface area contributed by atoms with Crippen LogP contribution in [0.4, 0.5) is 0 Å². The van der Waals surface area contributed by atoms with Gasteiger partial charge in [0, 0.05) is 57.3 Å². The lowest BCUT2D eigenvalue weighted by Crippen LogP contribution is -2.57. The summed E-state index contributed by atoms with van der Waals surface area (Å²) in [7, 11) is 2.12. The molecule has 0 spiro atoms. The van der Waals surface area contributed by atoms with Gasteiger partial charge in [0.05, 0.1) is 0 Å². The Hall–Kier alpha value is -1.23. The Morgan fingerprint density at radius 2 is 1.74 bits per heavy atom. The lowest BCUT2D eigenvalue weighted by atomic mass is 9.44. The number of amides is 1. The number of nitrogens with zero attached hydrogens (tertiary/aromatic N) is 2. The Labute approximate surface area is 206 Å². The van der Waals surface area contributed by atoms with Crippen molar-refractivity contribution in [1.82, 2.24) is 9.80 Å². The fourth-order valence-electron chi connectivity index (χ4n) is 9.46. The Bertz CT molecular complexity index is 833. The highest BCUT2D eigenvalue weighted by Gasteiger charge is 2.63. The van der Waals surface area contributed by atoms with E-state index in [1.165, 1.54) is 19.3 Å². The van der Waals surface area contributed by atoms with Crippen molar-refractivity contribution >= 4 is 17.5 Å². The molecule has 1 heterocycles. The first kappa shape index (κ1) is 24.5. The molecule has 1 amide bonds. The number of piperazine rings is 1. The first-order valence-corrected chi connectivity index (χ1v) is 14.2. The monoisotopic (exact) mass is 470 g/mol. The quantitative estimate of drug-likeness (QED) is 0.603. The lowest BCUT2D eigenvalue weighted by molar-refractivity contribution is -0.159. The Balaban J connectivity index is 1.26. The maximum absolute atomic E-state index is 13.9. The van der Waals surface area contributed by atoms with Gasteiger partial charge in [-0.05, 0) is 86.5 Å². The number of hydrogen-bond donors (Lipinski definition) is 0. The molecule has 8 atom stereocenters. The second kappa shape index (κ2) is 9.01. The predicted octanol–water partition coefficient (Wildman–Crippen LogP) is 4.58. The molecule has 0 aromatic carbocycles. The minimum absolute atomic E-state index is 0.173. The molecule has 5 nitrogen and oxygen atoms in total. The number of hydrogen-bond acceptors (Lipinski definition) is 4. The van der Waals surface area contributed by atoms with Gasteiger partial charge in [0.15, 0.2) is 0 Å². The van der Waals surface area contributed by atoms with E-state index in [4.69, 9.17) is 0 Å². The van der Waals surface area contributed by atoms with Crippen LogP contribution in [0.15, 0.2) is 0 Å². The molecule has 1 saturated heterocycles. The molecule has 5 fully saturated rings. The van der Waals surface area contributed by atoms with Gasteiger partial charge in [-0.3, -0.25) is 14.4 Å². The number of likely N-dealkylation sites (N-methyl/N-ethyl adjacent to an activating group) is 1. The summed E-state index contributed by atoms with van der Waals surface area (Å²) < 4.78 is 0. The molecule has 5 aliphatic rings. The Morgan fingerprint density at radius 1 is 1.00 bits per heavy atom. The summed E-state index contributed by atoms with van der Waals surface area (Å²) in [5.74, 6) is 4.15. The predicted molar refractivity (Wildman–Crippen MR) is 133 cm³/mol. The first-order valence-electron chi connectivity index (χ1n) is 14.2. The lowest BCUT2D eigenvalue weighted by Gasteiger charge is -2.59. The van der Waals surface area contributed by atoms with Gasteiger partial charge >= 0.3 is 0 Å². The summed E-state index contributed by atoms with van der Waals surface area (Å²) >= 11 is 0. The highest BCUT2D eigenvalue weighted by atomic mass is 16.2. The van der Waals surface area contributed by atoms with Gasteiger partial charge in [-0.15, -0.1) is 0 Å². The van der Waals surface area contributed by atoms with Crippen LogP contribution in [0.25, 0.3) is 0 Å². The zero-order chi connectivity index (χ0) is 24.3. The van der Waals surface area contributed by atoms with E-state index in [0.29, 0.717) is 65.8 Å². The van der Waals surface area contributed by atoms with Crippen LogP contribution in [0.3, 0.4) is 0 Å². The van der Waals surface area contributed by atoms with E-state index in [2.05, 4.69) is 32.7 Å². The van der Waals surface area contributed by atoms with Crippen molar-refractivity contribution < 1.29 is 14.4 Å². The van der Waals surface area contributed by atoms with Crippen LogP contribution >= 0.6 is 0 Å². The molecular weight excluding hydrogens is 424 g/mol. The average Bonchev–Trinajstić information content (AvgIpc) is 3.18. The van der Waals surface area contributed by atoms with Crippen LogP contribution in [0.5, 0.6) is 0 Å². The smallest absolute Gasteiger partial charge is 0.222 e. The van der Waals surface area contributed by atoms with Crippen molar-refractivity contribution in [2.75, 3.05) is 33.2 Å². The molecule has 0 aromatic heterocycles. The number of fused-ring (bicyclic) bond motifs is 5. The van der Waals surface area contributed by atoms with Gasteiger partial charge in [0.1, 0.15) is 11.6 Å². The zero-order valence-corrected chi connectivity index (χ0v) is 22.0. The average molecular weight is 471 g/mol. The third-order valence-electron chi connectivity index (χ3n) is 11.8. The van der Waals surface area contributed by atoms with Crippen LogP contribution in [0, 0.1) is 46.3 Å². The third-order valence-corrected chi connectivity index (χ3v) is 11.8. The molecule has 0 bridgehead atoms. The zero-order valence-electron chi connectivity index (χ0n) is 22.0. The van der Waals surface area contributed by atoms with Crippen molar-refractivity contribution in [3.63, 3.8) is 0 Å². The summed E-state index contributed by atoms with van der Waals surface area (Å²) in [6, 6.07) is 0. The second-order valence-corrected chi connectivity index (χ2v) is 13.2. The molecule has 5 heteroatoms. The summed E-state index contributed by atoms with van der Waals surface area (Å²) in [6.45, 7) is 10.6. The maximum atomic E-state index is 13.9. The van der Waals surface area contributed by atoms with Crippen molar-refractivity contribution in [3.8, 4) is 0 Å². The Morgan fingerprint density at radius 3 is 2.47 bits per heavy atom. The third kappa shape index (κ3) is 3.89. The summed E-state index contributed by atoms with van der Waals surface area (Å²) in [6.07, 6.45) is 9.38. The molecule has 0 N–H and O–H groups in total. The highest BCUT2D eigenvalue weighted by Crippen LogP contribution is 2.67. The number of ketones is 2. The molecule has 0 radical (unpaired) electrons. The fraction of sp³-hybridized carbons (Fsp3) is 0.897. The van der Waals surface area contributed by atoms with Crippen molar-refractivity contribution in [3.05, 3.63) is 0 Å². The molecule has 1 aliphatic heterocycles. The number of carbonyl (C=O) groups is 3. The summed E-state index contributed by atoms with van der Waals surface area (Å²) in [5.41, 5.74) is -0.0440. The van der Waals surface area contributed by atoms with Gasteiger partial charge in [-0.25, -0.2) is 0 Å². The number of Topliss-reactive ketones (excluding diaryl/α,β-unsaturated/α-hetero) is 2. The van der Waals surface area contributed by atoms with E-state index in [1.54, 1.807) is 0 Å². The molecule has 0 unspecified atom stereocenters. The highest BCUT2D eigenvalue weighted by molar-refractivity contribution is 5.87. The molecule has 190 valence electrons. The van der Waals surface area contributed by atoms with Gasteiger partial charge in [-0.2, -0.15) is 0 Å². The number of rotatable bonds is 4. The SMILES string of the molecule is C[C@H](CCC(=O)N1CCN(C)CC1)[C@H]1CC[C@H]2[C@@H]3CC[C@@H]4CC(=O)CC[C@]4(C)[C@H]3CC(=O)[C@]12C. The largest absolute Gasteiger partial charge is 0.340 e. The topological polar surface area (TPSA) is 57.7 Å². The second-order valence-electron chi connectivity index (χ2n) is 13.2. The van der Waals surface area contributed by atoms with E-state index in [9.17, 15) is 14.4 Å². The normalized spacial score (nSPS) is 43.8. The van der Waals surface area contributed by atoms with Crippen LogP contribution in [-0.2, 0) is 14.4 Å². The molecule has 0 aromatic rings. The number of carbonyl (C=O) groups excluding carboxylic acids is 3. The summed E-state index contributed by atoms with van der Waals surface area (Å²) in [4.78, 5) is 43.3. The van der Waals surface area contributed by atoms with Crippen molar-refractivity contribution in [2.45, 2.75) is 85.0 Å². The fourth-order valence-corrected chi connectivity index (χ4v) is 9.46. The van der Waals surface area contributed by atoms with E-state index < -0.39 is 0 Å². The van der Waals surface area contributed by atoms with Gasteiger partial charge in [-0.1, -0.05) is 20.8 Å². The molecular formula is C29H46N2O3. The van der Waals surface area contributed by atoms with E-state index >= 15 is 0 Å². The summed E-state index contributed by atoms with van der Waals surface area (Å²) in [5, 5.41) is 0. The van der Waals surface area contributed by atoms with Gasteiger partial charge in [0.2, 0.25) is 5.91 Å². The van der Waals surface area contributed by atoms with Crippen LogP contribution in [-0.4, -0.2) is 60.5 Å². The minimum Gasteiger partial charge on any atom is -0.340 e. The molecule has 5 rings (SSSR count). The molecule has 4 aliphatic carbocycles. The first-order chi connectivity index (χ1) is 16.1. The van der Waals surface area contributed by atoms with E-state index in [-0.39, 0.29) is 10.8 Å². The molecule has 34 heavy (non-hydrogen) atoms. The van der Waals surface area contributed by atoms with Crippen molar-refractivity contribution in [2.24, 2.45) is 46.3 Å². The van der Waals surface area contributed by atoms with E-state index in [0.717, 1.165) is 58.3 Å². The molecule has 4 saturated carbocycles. The maximum Gasteiger partial charge on any atom is 0.222 e. The van der Waals surface area contributed by atoms with Crippen LogP contribution in [0.2, 0.25) is 0 Å². The standard InChI is InChI=1S/C29H46N2O3/c1-19(5-10-27(34)31-15-13-30(4)14-16-31)23-8-9-24-22-7-6-20-17-21(32)11-12-28(20,2)25(22)18-26(33)29(23,24)3/h19-20,22-25H,5-18H2,1-4H3/t19-,20-,22+,23-,24+,25+,28+,29-/m1/s1. The minimum atomic E-state index is -0.217. The Kier molecular flexibility index (Phi) is 6.49. The van der Waals surface area contributed by atoms with E-state index in [1.807, 2.05) is 4.90 Å². The van der Waals surface area contributed by atoms with Gasteiger partial charge in [0.25, 0.3) is 0 Å². The van der Waals surface area contributed by atoms with Crippen molar-refractivity contribution in [1.29, 1.82) is 0 Å². The van der Waals surface area contributed by atoms with Crippen LogP contribution in [0.1, 0.15) is 85.0 Å².